The molecule has 1 saturated carbocycles. The first-order chi connectivity index (χ1) is 9.27. The van der Waals surface area contributed by atoms with Crippen LogP contribution in [0.15, 0.2) is 0 Å². The molecule has 1 aliphatic rings. The number of halogens is 8. The standard InChI is InChI=1S/C11H4F5.3ClH.Ti/c12-7-6(5-3-1-2-4-5)8(13)10(15)11(16)9(7)14;;;;/h1-4H;3*1H;/q;;;;+4/p-3. The van der Waals surface area contributed by atoms with Gasteiger partial charge in [-0.2, -0.15) is 0 Å². The summed E-state index contributed by atoms with van der Waals surface area (Å²) >= 11 is -1.92. The van der Waals surface area contributed by atoms with Crippen LogP contribution in [-0.4, -0.2) is 0 Å². The SMILES string of the molecule is Fc1c(F)c(F)c([C]2[CH][CH][CH][CH]2)c(F)c1F.[Cl][Ti+]([Cl])[Cl]. The molecule has 0 aliphatic heterocycles. The zero-order valence-corrected chi connectivity index (χ0v) is 13.2. The molecule has 1 aliphatic carbocycles. The average molecular weight is 385 g/mol. The number of hydrogen-bond donors (Lipinski definition) is 0. The van der Waals surface area contributed by atoms with Crippen molar-refractivity contribution in [3.8, 4) is 0 Å². The fourth-order valence-corrected chi connectivity index (χ4v) is 1.40. The Morgan fingerprint density at radius 1 is 0.650 bits per heavy atom. The Labute approximate surface area is 130 Å². The van der Waals surface area contributed by atoms with Crippen molar-refractivity contribution in [2.24, 2.45) is 0 Å². The molecule has 0 aromatic heterocycles. The van der Waals surface area contributed by atoms with Crippen LogP contribution >= 0.6 is 27.9 Å². The van der Waals surface area contributed by atoms with E-state index in [1.54, 1.807) is 0 Å². The predicted octanol–water partition coefficient (Wildman–Crippen LogP) is 5.20. The van der Waals surface area contributed by atoms with Gasteiger partial charge in [0.15, 0.2) is 23.3 Å². The summed E-state index contributed by atoms with van der Waals surface area (Å²) in [5.41, 5.74) is -0.901. The molecule has 1 fully saturated rings. The van der Waals surface area contributed by atoms with Gasteiger partial charge in [-0.1, -0.05) is 0 Å². The van der Waals surface area contributed by atoms with Gasteiger partial charge in [-0.3, -0.25) is 0 Å². The molecular weight excluding hydrogens is 381 g/mol. The van der Waals surface area contributed by atoms with Crippen LogP contribution in [0.3, 0.4) is 0 Å². The molecule has 0 bridgehead atoms. The van der Waals surface area contributed by atoms with E-state index in [4.69, 9.17) is 27.9 Å². The molecule has 5 radical (unpaired) electrons. The second-order valence-corrected chi connectivity index (χ2v) is 11.1. The van der Waals surface area contributed by atoms with Gasteiger partial charge in [0.05, 0.1) is 0 Å². The summed E-state index contributed by atoms with van der Waals surface area (Å²) in [6, 6.07) is 0. The molecule has 0 nitrogen and oxygen atoms in total. The summed E-state index contributed by atoms with van der Waals surface area (Å²) < 4.78 is 64.9. The number of rotatable bonds is 1. The first-order valence-electron chi connectivity index (χ1n) is 4.84. The van der Waals surface area contributed by atoms with E-state index in [-0.39, 0.29) is 5.92 Å². The number of hydrogen-bond acceptors (Lipinski definition) is 0. The summed E-state index contributed by atoms with van der Waals surface area (Å²) in [6.07, 6.45) is 5.40. The van der Waals surface area contributed by atoms with E-state index in [1.807, 2.05) is 0 Å². The molecule has 0 saturated heterocycles. The summed E-state index contributed by atoms with van der Waals surface area (Å²) in [5.74, 6) is -9.70. The predicted molar refractivity (Wildman–Crippen MR) is 63.3 cm³/mol. The van der Waals surface area contributed by atoms with Gasteiger partial charge >= 0.3 is 42.6 Å². The van der Waals surface area contributed by atoms with Crippen molar-refractivity contribution in [2.75, 3.05) is 0 Å². The Morgan fingerprint density at radius 3 is 1.30 bits per heavy atom. The van der Waals surface area contributed by atoms with E-state index in [9.17, 15) is 22.0 Å². The Hall–Kier alpha value is 0.454. The zero-order valence-electron chi connectivity index (χ0n) is 9.33. The van der Waals surface area contributed by atoms with Gasteiger partial charge in [0.1, 0.15) is 0 Å². The Bertz CT molecular complexity index is 446. The second kappa shape index (κ2) is 8.18. The van der Waals surface area contributed by atoms with Gasteiger partial charge in [0.2, 0.25) is 5.82 Å². The van der Waals surface area contributed by atoms with Crippen molar-refractivity contribution in [3.63, 3.8) is 0 Å². The molecule has 0 heterocycles. The Morgan fingerprint density at radius 2 is 0.950 bits per heavy atom. The third-order valence-corrected chi connectivity index (χ3v) is 2.16. The summed E-state index contributed by atoms with van der Waals surface area (Å²) in [6.45, 7) is 0. The molecule has 9 heteroatoms. The molecule has 1 aromatic rings. The first-order valence-corrected chi connectivity index (χ1v) is 11.3. The van der Waals surface area contributed by atoms with Gasteiger partial charge in [-0.15, -0.1) is 0 Å². The van der Waals surface area contributed by atoms with Crippen molar-refractivity contribution in [1.82, 2.24) is 0 Å². The van der Waals surface area contributed by atoms with Crippen LogP contribution in [0.25, 0.3) is 0 Å². The van der Waals surface area contributed by atoms with Gasteiger partial charge in [0, 0.05) is 11.5 Å². The monoisotopic (exact) mass is 384 g/mol. The van der Waals surface area contributed by atoms with Crippen molar-refractivity contribution < 1.29 is 36.6 Å². The van der Waals surface area contributed by atoms with Crippen LogP contribution in [0.1, 0.15) is 5.56 Å². The van der Waals surface area contributed by atoms with Crippen LogP contribution in [0, 0.1) is 60.7 Å². The summed E-state index contributed by atoms with van der Waals surface area (Å²) in [4.78, 5) is 0. The maximum absolute atomic E-state index is 13.2. The second-order valence-electron chi connectivity index (χ2n) is 3.33. The van der Waals surface area contributed by atoms with E-state index in [0.29, 0.717) is 0 Å². The van der Waals surface area contributed by atoms with Crippen LogP contribution in [-0.2, 0) is 14.7 Å². The van der Waals surface area contributed by atoms with Crippen molar-refractivity contribution in [1.29, 1.82) is 0 Å². The fraction of sp³-hybridized carbons (Fsp3) is 0. The summed E-state index contributed by atoms with van der Waals surface area (Å²) in [7, 11) is 14.9. The van der Waals surface area contributed by atoms with Gasteiger partial charge in [0.25, 0.3) is 0 Å². The van der Waals surface area contributed by atoms with Crippen LogP contribution in [0.5, 0.6) is 0 Å². The van der Waals surface area contributed by atoms with Crippen LogP contribution in [0.2, 0.25) is 0 Å². The average Bonchev–Trinajstić information content (AvgIpc) is 2.87. The normalized spacial score (nSPS) is 15.0. The van der Waals surface area contributed by atoms with Crippen LogP contribution < -0.4 is 0 Å². The first kappa shape index (κ1) is 18.5. The van der Waals surface area contributed by atoms with E-state index >= 15 is 0 Å². The van der Waals surface area contributed by atoms with Gasteiger partial charge < -0.3 is 0 Å². The van der Waals surface area contributed by atoms with E-state index in [2.05, 4.69) is 0 Å². The van der Waals surface area contributed by atoms with Crippen LogP contribution in [0.4, 0.5) is 22.0 Å². The molecular formula is C11H4Cl3F5Ti+. The maximum atomic E-state index is 13.2. The van der Waals surface area contributed by atoms with Crippen molar-refractivity contribution >= 4 is 27.9 Å². The van der Waals surface area contributed by atoms with Crippen molar-refractivity contribution in [3.05, 3.63) is 66.3 Å². The molecule has 0 amide bonds. The zero-order chi connectivity index (χ0) is 15.4. The fourth-order valence-electron chi connectivity index (χ4n) is 1.40. The Kier molecular flexibility index (Phi) is 7.57. The molecule has 2 rings (SSSR count). The molecule has 1 aromatic carbocycles. The van der Waals surface area contributed by atoms with Gasteiger partial charge in [-0.05, 0) is 25.7 Å². The van der Waals surface area contributed by atoms with Gasteiger partial charge in [-0.25, -0.2) is 22.0 Å². The molecule has 20 heavy (non-hydrogen) atoms. The topological polar surface area (TPSA) is 0 Å². The molecule has 0 unspecified atom stereocenters. The van der Waals surface area contributed by atoms with E-state index in [1.165, 1.54) is 25.7 Å². The third kappa shape index (κ3) is 4.47. The molecule has 0 atom stereocenters. The van der Waals surface area contributed by atoms with Crippen molar-refractivity contribution in [2.45, 2.75) is 0 Å². The summed E-state index contributed by atoms with van der Waals surface area (Å²) in [5, 5.41) is 0. The minimum atomic E-state index is -2.15. The Balaban J connectivity index is 0.000000444. The van der Waals surface area contributed by atoms with E-state index < -0.39 is 49.3 Å². The molecule has 107 valence electrons. The minimum absolute atomic E-state index is 0.0483. The quantitative estimate of drug-likeness (QED) is 0.270. The third-order valence-electron chi connectivity index (χ3n) is 2.16. The molecule has 0 N–H and O–H groups in total. The number of benzene rings is 1. The molecule has 0 spiro atoms. The van der Waals surface area contributed by atoms with E-state index in [0.717, 1.165) is 0 Å².